The lowest BCUT2D eigenvalue weighted by atomic mass is 10.0. The van der Waals surface area contributed by atoms with Gasteiger partial charge in [-0.3, -0.25) is 18.9 Å². The fourth-order valence-electron chi connectivity index (χ4n) is 4.60. The van der Waals surface area contributed by atoms with Crippen molar-refractivity contribution in [2.24, 2.45) is 7.05 Å². The van der Waals surface area contributed by atoms with Gasteiger partial charge in [0.15, 0.2) is 11.5 Å². The smallest absolute Gasteiger partial charge is 0.416 e. The van der Waals surface area contributed by atoms with Crippen LogP contribution in [0.15, 0.2) is 91.8 Å². The van der Waals surface area contributed by atoms with E-state index in [1.807, 2.05) is 12.3 Å². The average molecular weight is 626 g/mol. The van der Waals surface area contributed by atoms with Gasteiger partial charge in [-0.05, 0) is 60.9 Å². The average Bonchev–Trinajstić information content (AvgIpc) is 3.63. The quantitative estimate of drug-likeness (QED) is 0.151. The number of benzene rings is 2. The summed E-state index contributed by atoms with van der Waals surface area (Å²) < 4.78 is 65.7. The number of fused-ring (bicyclic) bond motifs is 1. The molecule has 0 fully saturated rings. The molecule has 4 heterocycles. The summed E-state index contributed by atoms with van der Waals surface area (Å²) in [5.41, 5.74) is 1.23. The van der Waals surface area contributed by atoms with E-state index in [1.54, 1.807) is 47.7 Å². The number of pyridine rings is 2. The van der Waals surface area contributed by atoms with Crippen molar-refractivity contribution in [2.75, 3.05) is 10.6 Å². The maximum atomic E-state index is 15.8. The summed E-state index contributed by atoms with van der Waals surface area (Å²) >= 11 is 0. The van der Waals surface area contributed by atoms with Crippen LogP contribution in [0, 0.1) is 24.6 Å². The molecule has 230 valence electrons. The third kappa shape index (κ3) is 6.36. The number of halogens is 4. The highest BCUT2D eigenvalue weighted by atomic mass is 19.4. The van der Waals surface area contributed by atoms with Gasteiger partial charge in [0.05, 0.1) is 40.5 Å². The SMILES string of the molecule is Cc1ccc(C(=O)Nc2cc(Oc3ccncc3)cc(C(F)(F)F)c2)c(F)c1C#Cc1cnc2c(Nc3cnn(C)c3)cccn12. The van der Waals surface area contributed by atoms with Gasteiger partial charge >= 0.3 is 6.18 Å². The predicted octanol–water partition coefficient (Wildman–Crippen LogP) is 7.12. The van der Waals surface area contributed by atoms with E-state index in [0.717, 1.165) is 17.8 Å². The minimum Gasteiger partial charge on any atom is -0.457 e. The molecule has 0 aliphatic heterocycles. The second-order valence-electron chi connectivity index (χ2n) is 10.1. The molecule has 0 bridgehead atoms. The van der Waals surface area contributed by atoms with E-state index in [1.165, 1.54) is 42.7 Å². The zero-order valence-corrected chi connectivity index (χ0v) is 24.2. The molecule has 0 saturated carbocycles. The third-order valence-corrected chi connectivity index (χ3v) is 6.81. The molecule has 0 aliphatic carbocycles. The zero-order valence-electron chi connectivity index (χ0n) is 24.2. The Morgan fingerprint density at radius 2 is 1.78 bits per heavy atom. The number of nitrogens with one attached hydrogen (secondary N) is 2. The van der Waals surface area contributed by atoms with Crippen molar-refractivity contribution in [1.29, 1.82) is 0 Å². The Morgan fingerprint density at radius 1 is 0.978 bits per heavy atom. The summed E-state index contributed by atoms with van der Waals surface area (Å²) in [6.45, 7) is 1.63. The van der Waals surface area contributed by atoms with Crippen LogP contribution < -0.4 is 15.4 Å². The maximum Gasteiger partial charge on any atom is 0.416 e. The molecule has 9 nitrogen and oxygen atoms in total. The number of carbonyl (C=O) groups is 1. The first-order valence-corrected chi connectivity index (χ1v) is 13.7. The van der Waals surface area contributed by atoms with E-state index < -0.39 is 29.0 Å². The van der Waals surface area contributed by atoms with Crippen LogP contribution in [-0.4, -0.2) is 30.1 Å². The summed E-state index contributed by atoms with van der Waals surface area (Å²) in [6.07, 6.45) is 4.88. The summed E-state index contributed by atoms with van der Waals surface area (Å²) in [5, 5.41) is 9.75. The number of ether oxygens (including phenoxy) is 1. The van der Waals surface area contributed by atoms with Crippen molar-refractivity contribution in [3.63, 3.8) is 0 Å². The van der Waals surface area contributed by atoms with Gasteiger partial charge in [0.1, 0.15) is 17.2 Å². The van der Waals surface area contributed by atoms with E-state index in [2.05, 4.69) is 37.5 Å². The first kappa shape index (κ1) is 29.9. The van der Waals surface area contributed by atoms with Crippen LogP contribution >= 0.6 is 0 Å². The van der Waals surface area contributed by atoms with Gasteiger partial charge in [0.2, 0.25) is 0 Å². The van der Waals surface area contributed by atoms with E-state index in [0.29, 0.717) is 22.6 Å². The van der Waals surface area contributed by atoms with Crippen LogP contribution in [0.25, 0.3) is 5.65 Å². The van der Waals surface area contributed by atoms with Gasteiger partial charge in [-0.2, -0.15) is 18.3 Å². The van der Waals surface area contributed by atoms with E-state index in [-0.39, 0.29) is 22.7 Å². The molecular weight excluding hydrogens is 602 g/mol. The van der Waals surface area contributed by atoms with Crippen LogP contribution in [0.4, 0.5) is 34.6 Å². The number of carbonyl (C=O) groups excluding carboxylic acids is 1. The number of amides is 1. The molecule has 6 rings (SSSR count). The Balaban J connectivity index is 1.28. The van der Waals surface area contributed by atoms with Crippen molar-refractivity contribution in [3.05, 3.63) is 126 Å². The number of alkyl halides is 3. The highest BCUT2D eigenvalue weighted by Crippen LogP contribution is 2.36. The number of aryl methyl sites for hydroxylation is 2. The molecule has 2 N–H and O–H groups in total. The molecule has 0 atom stereocenters. The molecule has 6 aromatic rings. The van der Waals surface area contributed by atoms with E-state index in [9.17, 15) is 18.0 Å². The number of hydrogen-bond acceptors (Lipinski definition) is 6. The Morgan fingerprint density at radius 3 is 2.52 bits per heavy atom. The van der Waals surface area contributed by atoms with Crippen LogP contribution in [-0.2, 0) is 13.2 Å². The van der Waals surface area contributed by atoms with Crippen molar-refractivity contribution in [1.82, 2.24) is 24.1 Å². The number of imidazole rings is 1. The largest absolute Gasteiger partial charge is 0.457 e. The van der Waals surface area contributed by atoms with Crippen LogP contribution in [0.3, 0.4) is 0 Å². The molecule has 13 heteroatoms. The zero-order chi connectivity index (χ0) is 32.4. The molecule has 0 saturated heterocycles. The molecule has 1 amide bonds. The molecule has 0 spiro atoms. The minimum absolute atomic E-state index is 0.0435. The Bertz CT molecular complexity index is 2140. The number of rotatable bonds is 6. The first-order valence-electron chi connectivity index (χ1n) is 13.7. The normalized spacial score (nSPS) is 11.2. The minimum atomic E-state index is -4.73. The number of nitrogens with zero attached hydrogens (tertiary/aromatic N) is 5. The monoisotopic (exact) mass is 625 g/mol. The highest BCUT2D eigenvalue weighted by molar-refractivity contribution is 6.05. The van der Waals surface area contributed by atoms with E-state index in [4.69, 9.17) is 4.74 Å². The van der Waals surface area contributed by atoms with Gasteiger partial charge in [0, 0.05) is 43.6 Å². The van der Waals surface area contributed by atoms with Gasteiger partial charge in [-0.1, -0.05) is 12.0 Å². The Hall–Kier alpha value is -6.16. The lowest BCUT2D eigenvalue weighted by Crippen LogP contribution is -2.16. The van der Waals surface area contributed by atoms with Crippen LogP contribution in [0.2, 0.25) is 0 Å². The second kappa shape index (κ2) is 12.1. The number of hydrogen-bond donors (Lipinski definition) is 2. The maximum absolute atomic E-state index is 15.8. The highest BCUT2D eigenvalue weighted by Gasteiger charge is 2.32. The number of anilines is 3. The third-order valence-electron chi connectivity index (χ3n) is 6.81. The summed E-state index contributed by atoms with van der Waals surface area (Å²) in [4.78, 5) is 21.5. The van der Waals surface area contributed by atoms with E-state index >= 15 is 4.39 Å². The Kier molecular flexibility index (Phi) is 7.85. The standard InChI is InChI=1S/C33H23F4N7O2/c1-20-5-7-28(32(45)42-22-14-21(33(35,36)37)15-26(16-22)46-25-9-11-38-12-10-25)30(34)27(20)8-6-24-18-39-31-29(4-3-13-44(24)31)41-23-17-40-43(2)19-23/h3-5,7,9-19,41H,1-2H3,(H,42,45). The van der Waals surface area contributed by atoms with Crippen molar-refractivity contribution < 1.29 is 27.1 Å². The molecule has 2 aromatic carbocycles. The lowest BCUT2D eigenvalue weighted by molar-refractivity contribution is -0.137. The first-order chi connectivity index (χ1) is 22.0. The van der Waals surface area contributed by atoms with Crippen LogP contribution in [0.5, 0.6) is 11.5 Å². The lowest BCUT2D eigenvalue weighted by Gasteiger charge is -2.14. The summed E-state index contributed by atoms with van der Waals surface area (Å²) in [5.74, 6) is 3.90. The van der Waals surface area contributed by atoms with Crippen LogP contribution in [0.1, 0.15) is 32.7 Å². The topological polar surface area (TPSA) is 98.4 Å². The van der Waals surface area contributed by atoms with Crippen molar-refractivity contribution >= 4 is 28.6 Å². The number of aromatic nitrogens is 5. The predicted molar refractivity (Wildman–Crippen MR) is 163 cm³/mol. The fourth-order valence-corrected chi connectivity index (χ4v) is 4.60. The molecule has 4 aromatic heterocycles. The summed E-state index contributed by atoms with van der Waals surface area (Å²) in [6, 6.07) is 12.1. The molecule has 0 unspecified atom stereocenters. The molecule has 0 aliphatic rings. The molecule has 46 heavy (non-hydrogen) atoms. The van der Waals surface area contributed by atoms with Crippen molar-refractivity contribution in [3.8, 4) is 23.3 Å². The second-order valence-corrected chi connectivity index (χ2v) is 10.1. The van der Waals surface area contributed by atoms with Gasteiger partial charge in [-0.15, -0.1) is 0 Å². The Labute approximate surface area is 259 Å². The van der Waals surface area contributed by atoms with Gasteiger partial charge in [-0.25, -0.2) is 9.37 Å². The van der Waals surface area contributed by atoms with Gasteiger partial charge < -0.3 is 15.4 Å². The molecular formula is C33H23F4N7O2. The summed E-state index contributed by atoms with van der Waals surface area (Å²) in [7, 11) is 1.80. The van der Waals surface area contributed by atoms with Crippen molar-refractivity contribution in [2.45, 2.75) is 13.1 Å². The fraction of sp³-hybridized carbons (Fsp3) is 0.0909. The molecule has 0 radical (unpaired) electrons. The van der Waals surface area contributed by atoms with Gasteiger partial charge in [0.25, 0.3) is 5.91 Å².